The third-order valence-electron chi connectivity index (χ3n) is 2.30. The lowest BCUT2D eigenvalue weighted by Gasteiger charge is -2.08. The van der Waals surface area contributed by atoms with E-state index in [9.17, 15) is 4.79 Å². The van der Waals surface area contributed by atoms with Crippen LogP contribution in [0.15, 0.2) is 39.5 Å². The van der Waals surface area contributed by atoms with Crippen molar-refractivity contribution in [2.75, 3.05) is 17.7 Å². The number of halogens is 2. The molecular formula is C12H10Br2N4O. The summed E-state index contributed by atoms with van der Waals surface area (Å²) in [6.07, 6.45) is 2.97. The number of nitrogens with zero attached hydrogens (tertiary/aromatic N) is 2. The number of hydrogen-bond donors (Lipinski definition) is 2. The van der Waals surface area contributed by atoms with Crippen LogP contribution < -0.4 is 10.6 Å². The van der Waals surface area contributed by atoms with Gasteiger partial charge in [0, 0.05) is 16.0 Å². The quantitative estimate of drug-likeness (QED) is 0.850. The normalized spacial score (nSPS) is 10.1. The van der Waals surface area contributed by atoms with E-state index < -0.39 is 0 Å². The molecule has 2 rings (SSSR count). The number of anilines is 2. The number of hydrogen-bond acceptors (Lipinski definition) is 4. The van der Waals surface area contributed by atoms with E-state index in [2.05, 4.69) is 52.5 Å². The van der Waals surface area contributed by atoms with Crippen LogP contribution in [-0.4, -0.2) is 22.9 Å². The monoisotopic (exact) mass is 384 g/mol. The molecule has 1 aromatic heterocycles. The van der Waals surface area contributed by atoms with E-state index in [0.29, 0.717) is 11.5 Å². The minimum atomic E-state index is -0.316. The Balaban J connectivity index is 2.22. The van der Waals surface area contributed by atoms with Gasteiger partial charge in [0.25, 0.3) is 5.91 Å². The van der Waals surface area contributed by atoms with Crippen molar-refractivity contribution in [2.45, 2.75) is 0 Å². The summed E-state index contributed by atoms with van der Waals surface area (Å²) in [5.41, 5.74) is 0.912. The number of nitrogens with one attached hydrogen (secondary N) is 2. The summed E-state index contributed by atoms with van der Waals surface area (Å²) in [5, 5.41) is 5.61. The Kier molecular flexibility index (Phi) is 4.49. The van der Waals surface area contributed by atoms with Gasteiger partial charge in [-0.15, -0.1) is 0 Å². The topological polar surface area (TPSA) is 66.9 Å². The molecule has 2 N–H and O–H groups in total. The zero-order valence-electron chi connectivity index (χ0n) is 9.95. The van der Waals surface area contributed by atoms with Crippen LogP contribution in [-0.2, 0) is 0 Å². The maximum Gasteiger partial charge on any atom is 0.275 e. The highest BCUT2D eigenvalue weighted by atomic mass is 79.9. The molecule has 1 aromatic carbocycles. The molecule has 19 heavy (non-hydrogen) atoms. The van der Waals surface area contributed by atoms with Crippen molar-refractivity contribution in [1.82, 2.24) is 9.97 Å². The predicted octanol–water partition coefficient (Wildman–Crippen LogP) is 3.30. The molecule has 98 valence electrons. The molecular weight excluding hydrogens is 376 g/mol. The second-order valence-electron chi connectivity index (χ2n) is 3.62. The van der Waals surface area contributed by atoms with Crippen LogP contribution >= 0.6 is 31.9 Å². The van der Waals surface area contributed by atoms with Gasteiger partial charge >= 0.3 is 0 Å². The standard InChI is InChI=1S/C12H10Br2N4O/c1-15-11-6-16-5-10(17-11)12(19)18-9-4-7(13)2-3-8(9)14/h2-6H,1H3,(H,15,17)(H,18,19). The molecule has 0 radical (unpaired) electrons. The minimum Gasteiger partial charge on any atom is -0.372 e. The summed E-state index contributed by atoms with van der Waals surface area (Å²) in [6.45, 7) is 0. The Hall–Kier alpha value is -1.47. The largest absolute Gasteiger partial charge is 0.372 e. The molecule has 0 spiro atoms. The highest BCUT2D eigenvalue weighted by Gasteiger charge is 2.11. The Morgan fingerprint density at radius 3 is 2.79 bits per heavy atom. The van der Waals surface area contributed by atoms with E-state index in [-0.39, 0.29) is 11.6 Å². The predicted molar refractivity (Wildman–Crippen MR) is 81.4 cm³/mol. The second-order valence-corrected chi connectivity index (χ2v) is 5.39. The lowest BCUT2D eigenvalue weighted by Crippen LogP contribution is -2.15. The summed E-state index contributed by atoms with van der Waals surface area (Å²) in [7, 11) is 1.72. The van der Waals surface area contributed by atoms with Gasteiger partial charge in [-0.3, -0.25) is 9.78 Å². The van der Waals surface area contributed by atoms with Gasteiger partial charge in [0.2, 0.25) is 0 Å². The lowest BCUT2D eigenvalue weighted by molar-refractivity contribution is 0.102. The molecule has 5 nitrogen and oxygen atoms in total. The van der Waals surface area contributed by atoms with Crippen molar-refractivity contribution >= 4 is 49.3 Å². The Morgan fingerprint density at radius 1 is 1.26 bits per heavy atom. The zero-order chi connectivity index (χ0) is 13.8. The molecule has 2 aromatic rings. The van der Waals surface area contributed by atoms with E-state index in [0.717, 1.165) is 8.95 Å². The van der Waals surface area contributed by atoms with Crippen LogP contribution in [0.25, 0.3) is 0 Å². The molecule has 0 aliphatic carbocycles. The SMILES string of the molecule is CNc1cncc(C(=O)Nc2cc(Br)ccc2Br)n1. The van der Waals surface area contributed by atoms with Crippen LogP contribution in [0, 0.1) is 0 Å². The fourth-order valence-electron chi connectivity index (χ4n) is 1.38. The first-order valence-electron chi connectivity index (χ1n) is 5.36. The van der Waals surface area contributed by atoms with Crippen molar-refractivity contribution in [3.8, 4) is 0 Å². The minimum absolute atomic E-state index is 0.249. The number of carbonyl (C=O) groups excluding carboxylic acids is 1. The molecule has 7 heteroatoms. The molecule has 1 heterocycles. The molecule has 0 fully saturated rings. The van der Waals surface area contributed by atoms with Crippen molar-refractivity contribution in [3.05, 3.63) is 45.2 Å². The Bertz CT molecular complexity index is 618. The molecule has 0 aliphatic heterocycles. The summed E-state index contributed by atoms with van der Waals surface area (Å²) in [6, 6.07) is 5.52. The molecule has 0 bridgehead atoms. The molecule has 0 saturated carbocycles. The summed E-state index contributed by atoms with van der Waals surface area (Å²) in [5.74, 6) is 0.226. The van der Waals surface area contributed by atoms with Crippen LogP contribution in [0.4, 0.5) is 11.5 Å². The van der Waals surface area contributed by atoms with E-state index >= 15 is 0 Å². The Labute approximate surface area is 127 Å². The van der Waals surface area contributed by atoms with Crippen LogP contribution in [0.3, 0.4) is 0 Å². The first kappa shape index (κ1) is 14.0. The van der Waals surface area contributed by atoms with E-state index in [4.69, 9.17) is 0 Å². The van der Waals surface area contributed by atoms with Gasteiger partial charge < -0.3 is 10.6 Å². The number of carbonyl (C=O) groups is 1. The van der Waals surface area contributed by atoms with Crippen molar-refractivity contribution in [2.24, 2.45) is 0 Å². The fraction of sp³-hybridized carbons (Fsp3) is 0.0833. The van der Waals surface area contributed by atoms with Crippen molar-refractivity contribution < 1.29 is 4.79 Å². The van der Waals surface area contributed by atoms with E-state index in [1.165, 1.54) is 6.20 Å². The van der Waals surface area contributed by atoms with Gasteiger partial charge in [-0.2, -0.15) is 0 Å². The van der Waals surface area contributed by atoms with Crippen molar-refractivity contribution in [3.63, 3.8) is 0 Å². The summed E-state index contributed by atoms with van der Waals surface area (Å²) in [4.78, 5) is 20.1. The summed E-state index contributed by atoms with van der Waals surface area (Å²) < 4.78 is 1.67. The van der Waals surface area contributed by atoms with Crippen molar-refractivity contribution in [1.29, 1.82) is 0 Å². The summed E-state index contributed by atoms with van der Waals surface area (Å²) >= 11 is 6.73. The van der Waals surface area contributed by atoms with E-state index in [1.807, 2.05) is 12.1 Å². The third-order valence-corrected chi connectivity index (χ3v) is 3.48. The molecule has 0 atom stereocenters. The van der Waals surface area contributed by atoms with Gasteiger partial charge in [-0.05, 0) is 34.1 Å². The van der Waals surface area contributed by atoms with Gasteiger partial charge in [0.05, 0.1) is 18.1 Å². The number of aromatic nitrogens is 2. The highest BCUT2D eigenvalue weighted by Crippen LogP contribution is 2.26. The van der Waals surface area contributed by atoms with Gasteiger partial charge in [-0.25, -0.2) is 4.98 Å². The average Bonchev–Trinajstić information content (AvgIpc) is 2.43. The fourth-order valence-corrected chi connectivity index (χ4v) is 2.08. The van der Waals surface area contributed by atoms with E-state index in [1.54, 1.807) is 19.3 Å². The lowest BCUT2D eigenvalue weighted by atomic mass is 10.3. The van der Waals surface area contributed by atoms with Gasteiger partial charge in [0.15, 0.2) is 0 Å². The second kappa shape index (κ2) is 6.12. The first-order valence-corrected chi connectivity index (χ1v) is 6.95. The Morgan fingerprint density at radius 2 is 2.05 bits per heavy atom. The van der Waals surface area contributed by atoms with Crippen LogP contribution in [0.5, 0.6) is 0 Å². The maximum atomic E-state index is 12.1. The smallest absolute Gasteiger partial charge is 0.275 e. The number of benzene rings is 1. The number of rotatable bonds is 3. The molecule has 0 aliphatic rings. The average molecular weight is 386 g/mol. The maximum absolute atomic E-state index is 12.1. The van der Waals surface area contributed by atoms with Crippen LogP contribution in [0.1, 0.15) is 10.5 Å². The number of amides is 1. The third kappa shape index (κ3) is 3.51. The van der Waals surface area contributed by atoms with Gasteiger partial charge in [0.1, 0.15) is 11.5 Å². The highest BCUT2D eigenvalue weighted by molar-refractivity contribution is 9.11. The molecule has 0 unspecified atom stereocenters. The molecule has 0 saturated heterocycles. The first-order chi connectivity index (χ1) is 9.10. The zero-order valence-corrected chi connectivity index (χ0v) is 13.1. The van der Waals surface area contributed by atoms with Crippen LogP contribution in [0.2, 0.25) is 0 Å². The van der Waals surface area contributed by atoms with Gasteiger partial charge in [-0.1, -0.05) is 15.9 Å². The molecule has 1 amide bonds.